The van der Waals surface area contributed by atoms with Crippen LogP contribution in [0, 0.1) is 0 Å². The van der Waals surface area contributed by atoms with Gasteiger partial charge >= 0.3 is 0 Å². The Morgan fingerprint density at radius 3 is 2.52 bits per heavy atom. The standard InChI is InChI=1S/C20H25N3O4/c1-21-20(25)14-6-5-7-16(10-14)22-19(24)13-23(2)12-15-8-9-17(26-3)11-18(15)27-4/h5-11H,12-13H2,1-4H3,(H,21,25)(H,22,24). The number of likely N-dealkylation sites (N-methyl/N-ethyl adjacent to an activating group) is 1. The second-order valence-corrected chi connectivity index (χ2v) is 6.06. The molecular weight excluding hydrogens is 346 g/mol. The number of carbonyl (C=O) groups is 2. The molecule has 0 aliphatic carbocycles. The average molecular weight is 371 g/mol. The molecule has 0 radical (unpaired) electrons. The van der Waals surface area contributed by atoms with Gasteiger partial charge in [0.2, 0.25) is 5.91 Å². The van der Waals surface area contributed by atoms with Gasteiger partial charge in [-0.05, 0) is 31.3 Å². The zero-order valence-electron chi connectivity index (χ0n) is 16.0. The van der Waals surface area contributed by atoms with Crippen LogP contribution in [0.3, 0.4) is 0 Å². The minimum Gasteiger partial charge on any atom is -0.497 e. The first-order valence-electron chi connectivity index (χ1n) is 8.48. The number of carbonyl (C=O) groups excluding carboxylic acids is 2. The number of anilines is 1. The van der Waals surface area contributed by atoms with Gasteiger partial charge in [-0.2, -0.15) is 0 Å². The molecule has 0 heterocycles. The van der Waals surface area contributed by atoms with Crippen molar-refractivity contribution < 1.29 is 19.1 Å². The minimum absolute atomic E-state index is 0.168. The summed E-state index contributed by atoms with van der Waals surface area (Å²) in [6.07, 6.45) is 0. The first kappa shape index (κ1) is 20.3. The summed E-state index contributed by atoms with van der Waals surface area (Å²) >= 11 is 0. The van der Waals surface area contributed by atoms with Crippen LogP contribution in [0.5, 0.6) is 11.5 Å². The van der Waals surface area contributed by atoms with E-state index in [9.17, 15) is 9.59 Å². The van der Waals surface area contributed by atoms with Crippen LogP contribution in [0.2, 0.25) is 0 Å². The van der Waals surface area contributed by atoms with Crippen molar-refractivity contribution in [2.75, 3.05) is 40.2 Å². The third kappa shape index (κ3) is 5.72. The third-order valence-electron chi connectivity index (χ3n) is 3.98. The van der Waals surface area contributed by atoms with E-state index in [-0.39, 0.29) is 18.4 Å². The van der Waals surface area contributed by atoms with Gasteiger partial charge < -0.3 is 20.1 Å². The molecule has 7 nitrogen and oxygen atoms in total. The number of methoxy groups -OCH3 is 2. The fourth-order valence-electron chi connectivity index (χ4n) is 2.66. The lowest BCUT2D eigenvalue weighted by atomic mass is 10.1. The second-order valence-electron chi connectivity index (χ2n) is 6.06. The number of benzene rings is 2. The molecule has 0 saturated heterocycles. The topological polar surface area (TPSA) is 79.9 Å². The summed E-state index contributed by atoms with van der Waals surface area (Å²) in [5.74, 6) is 1.06. The van der Waals surface area contributed by atoms with E-state index in [2.05, 4.69) is 10.6 Å². The first-order valence-corrected chi connectivity index (χ1v) is 8.48. The third-order valence-corrected chi connectivity index (χ3v) is 3.98. The fraction of sp³-hybridized carbons (Fsp3) is 0.300. The Bertz CT molecular complexity index is 808. The largest absolute Gasteiger partial charge is 0.497 e. The lowest BCUT2D eigenvalue weighted by Crippen LogP contribution is -2.30. The van der Waals surface area contributed by atoms with E-state index in [0.29, 0.717) is 29.3 Å². The Balaban J connectivity index is 1.97. The molecule has 0 bridgehead atoms. The van der Waals surface area contributed by atoms with Crippen molar-refractivity contribution in [1.82, 2.24) is 10.2 Å². The number of rotatable bonds is 8. The minimum atomic E-state index is -0.199. The van der Waals surface area contributed by atoms with Crippen LogP contribution in [0.25, 0.3) is 0 Å². The highest BCUT2D eigenvalue weighted by Gasteiger charge is 2.12. The van der Waals surface area contributed by atoms with Gasteiger partial charge in [0.05, 0.1) is 20.8 Å². The molecule has 0 aromatic heterocycles. The molecule has 0 saturated carbocycles. The Hall–Kier alpha value is -3.06. The van der Waals surface area contributed by atoms with Crippen molar-refractivity contribution in [2.45, 2.75) is 6.54 Å². The molecule has 0 aliphatic heterocycles. The maximum Gasteiger partial charge on any atom is 0.251 e. The Kier molecular flexibility index (Phi) is 7.19. The lowest BCUT2D eigenvalue weighted by Gasteiger charge is -2.18. The van der Waals surface area contributed by atoms with E-state index in [4.69, 9.17) is 9.47 Å². The van der Waals surface area contributed by atoms with Crippen LogP contribution >= 0.6 is 0 Å². The van der Waals surface area contributed by atoms with Crippen LogP contribution in [-0.4, -0.2) is 51.6 Å². The molecule has 0 aliphatic rings. The van der Waals surface area contributed by atoms with E-state index < -0.39 is 0 Å². The van der Waals surface area contributed by atoms with E-state index in [0.717, 1.165) is 5.56 Å². The van der Waals surface area contributed by atoms with Gasteiger partial charge in [0, 0.05) is 36.5 Å². The van der Waals surface area contributed by atoms with Crippen molar-refractivity contribution in [3.05, 3.63) is 53.6 Å². The molecule has 2 amide bonds. The summed E-state index contributed by atoms with van der Waals surface area (Å²) in [6, 6.07) is 12.4. The van der Waals surface area contributed by atoms with Crippen LogP contribution in [0.1, 0.15) is 15.9 Å². The molecule has 27 heavy (non-hydrogen) atoms. The Morgan fingerprint density at radius 2 is 1.85 bits per heavy atom. The summed E-state index contributed by atoms with van der Waals surface area (Å²) in [4.78, 5) is 25.9. The van der Waals surface area contributed by atoms with Gasteiger partial charge in [-0.25, -0.2) is 0 Å². The number of hydrogen-bond acceptors (Lipinski definition) is 5. The van der Waals surface area contributed by atoms with E-state index in [1.807, 2.05) is 30.1 Å². The van der Waals surface area contributed by atoms with Gasteiger partial charge in [0.15, 0.2) is 0 Å². The highest BCUT2D eigenvalue weighted by Crippen LogP contribution is 2.25. The van der Waals surface area contributed by atoms with Crippen LogP contribution in [-0.2, 0) is 11.3 Å². The molecule has 2 rings (SSSR count). The van der Waals surface area contributed by atoms with Crippen molar-refractivity contribution >= 4 is 17.5 Å². The molecule has 2 aromatic rings. The maximum atomic E-state index is 12.3. The molecule has 0 spiro atoms. The van der Waals surface area contributed by atoms with Crippen LogP contribution < -0.4 is 20.1 Å². The zero-order chi connectivity index (χ0) is 19.8. The van der Waals surface area contributed by atoms with E-state index >= 15 is 0 Å². The normalized spacial score (nSPS) is 10.4. The van der Waals surface area contributed by atoms with Gasteiger partial charge in [-0.15, -0.1) is 0 Å². The lowest BCUT2D eigenvalue weighted by molar-refractivity contribution is -0.117. The quantitative estimate of drug-likeness (QED) is 0.743. The highest BCUT2D eigenvalue weighted by molar-refractivity contribution is 5.97. The Labute approximate surface area is 159 Å². The van der Waals surface area contributed by atoms with Gasteiger partial charge in [0.1, 0.15) is 11.5 Å². The van der Waals surface area contributed by atoms with Crippen molar-refractivity contribution in [2.24, 2.45) is 0 Å². The molecule has 2 N–H and O–H groups in total. The molecule has 0 unspecified atom stereocenters. The van der Waals surface area contributed by atoms with Crippen molar-refractivity contribution in [3.8, 4) is 11.5 Å². The fourth-order valence-corrected chi connectivity index (χ4v) is 2.66. The number of nitrogens with one attached hydrogen (secondary N) is 2. The van der Waals surface area contributed by atoms with Crippen molar-refractivity contribution in [3.63, 3.8) is 0 Å². The average Bonchev–Trinajstić information content (AvgIpc) is 2.67. The van der Waals surface area contributed by atoms with Gasteiger partial charge in [-0.3, -0.25) is 14.5 Å². The maximum absolute atomic E-state index is 12.3. The van der Waals surface area contributed by atoms with E-state index in [1.165, 1.54) is 0 Å². The number of nitrogens with zero attached hydrogens (tertiary/aromatic N) is 1. The second kappa shape index (κ2) is 9.59. The SMILES string of the molecule is CNC(=O)c1cccc(NC(=O)CN(C)Cc2ccc(OC)cc2OC)c1. The van der Waals surface area contributed by atoms with Gasteiger partial charge in [-0.1, -0.05) is 12.1 Å². The summed E-state index contributed by atoms with van der Waals surface area (Å²) in [6.45, 7) is 0.734. The number of amides is 2. The molecule has 144 valence electrons. The number of hydrogen-bond donors (Lipinski definition) is 2. The highest BCUT2D eigenvalue weighted by atomic mass is 16.5. The summed E-state index contributed by atoms with van der Waals surface area (Å²) < 4.78 is 10.6. The Morgan fingerprint density at radius 1 is 1.07 bits per heavy atom. The predicted molar refractivity (Wildman–Crippen MR) is 104 cm³/mol. The monoisotopic (exact) mass is 371 g/mol. The smallest absolute Gasteiger partial charge is 0.251 e. The summed E-state index contributed by atoms with van der Waals surface area (Å²) in [5.41, 5.74) is 2.03. The molecule has 0 fully saturated rings. The molecule has 7 heteroatoms. The molecule has 0 atom stereocenters. The summed E-state index contributed by atoms with van der Waals surface area (Å²) in [7, 11) is 6.62. The zero-order valence-corrected chi connectivity index (χ0v) is 16.0. The first-order chi connectivity index (χ1) is 13.0. The summed E-state index contributed by atoms with van der Waals surface area (Å²) in [5, 5.41) is 5.37. The predicted octanol–water partition coefficient (Wildman–Crippen LogP) is 2.13. The van der Waals surface area contributed by atoms with Crippen molar-refractivity contribution in [1.29, 1.82) is 0 Å². The van der Waals surface area contributed by atoms with E-state index in [1.54, 1.807) is 45.5 Å². The van der Waals surface area contributed by atoms with Gasteiger partial charge in [0.25, 0.3) is 5.91 Å². The molecular formula is C20H25N3O4. The van der Waals surface area contributed by atoms with Crippen LogP contribution in [0.4, 0.5) is 5.69 Å². The molecule has 2 aromatic carbocycles. The van der Waals surface area contributed by atoms with Crippen LogP contribution in [0.15, 0.2) is 42.5 Å². The number of ether oxygens (including phenoxy) is 2.